The molecule has 1 heterocycles. The van der Waals surface area contributed by atoms with Gasteiger partial charge in [-0.25, -0.2) is 0 Å². The Balaban J connectivity index is 2.29. The highest BCUT2D eigenvalue weighted by atomic mass is 35.5. The van der Waals surface area contributed by atoms with Crippen molar-refractivity contribution in [3.05, 3.63) is 52.8 Å². The summed E-state index contributed by atoms with van der Waals surface area (Å²) < 4.78 is 5.21. The van der Waals surface area contributed by atoms with Gasteiger partial charge >= 0.3 is 0 Å². The number of anilines is 1. The molecule has 1 N–H and O–H groups in total. The van der Waals surface area contributed by atoms with Crippen molar-refractivity contribution in [2.24, 2.45) is 0 Å². The normalized spacial score (nSPS) is 10.1. The molecule has 19 heavy (non-hydrogen) atoms. The highest BCUT2D eigenvalue weighted by Crippen LogP contribution is 2.26. The molecule has 0 fully saturated rings. The number of benzene rings is 1. The van der Waals surface area contributed by atoms with E-state index in [0.29, 0.717) is 22.0 Å². The molecule has 0 unspecified atom stereocenters. The lowest BCUT2D eigenvalue weighted by Crippen LogP contribution is -2.13. The third-order valence-electron chi connectivity index (χ3n) is 2.62. The average molecular weight is 277 g/mol. The van der Waals surface area contributed by atoms with Gasteiger partial charge in [0.2, 0.25) is 0 Å². The van der Waals surface area contributed by atoms with Gasteiger partial charge < -0.3 is 10.1 Å². The number of ether oxygens (including phenoxy) is 1. The molecule has 0 aliphatic rings. The van der Waals surface area contributed by atoms with Crippen LogP contribution in [0.4, 0.5) is 5.69 Å². The van der Waals surface area contributed by atoms with E-state index in [1.165, 1.54) is 12.4 Å². The fraction of sp³-hybridized carbons (Fsp3) is 0.143. The summed E-state index contributed by atoms with van der Waals surface area (Å²) >= 11 is 5.94. The third-order valence-corrected chi connectivity index (χ3v) is 2.92. The lowest BCUT2D eigenvalue weighted by atomic mass is 10.2. The second kappa shape index (κ2) is 5.71. The van der Waals surface area contributed by atoms with Gasteiger partial charge in [-0.2, -0.15) is 0 Å². The van der Waals surface area contributed by atoms with Crippen LogP contribution in [0.2, 0.25) is 5.02 Å². The number of methoxy groups -OCH3 is 1. The zero-order valence-corrected chi connectivity index (χ0v) is 11.4. The molecule has 0 saturated carbocycles. The average Bonchev–Trinajstić information content (AvgIpc) is 2.39. The number of rotatable bonds is 3. The van der Waals surface area contributed by atoms with Gasteiger partial charge in [0.15, 0.2) is 0 Å². The number of amides is 1. The topological polar surface area (TPSA) is 51.2 Å². The van der Waals surface area contributed by atoms with Crippen LogP contribution in [-0.2, 0) is 0 Å². The number of aryl methyl sites for hydroxylation is 1. The van der Waals surface area contributed by atoms with E-state index < -0.39 is 0 Å². The van der Waals surface area contributed by atoms with Crippen molar-refractivity contribution in [2.45, 2.75) is 6.92 Å². The number of carbonyl (C=O) groups is 1. The van der Waals surface area contributed by atoms with Crippen molar-refractivity contribution in [3.63, 3.8) is 0 Å². The fourth-order valence-corrected chi connectivity index (χ4v) is 1.87. The van der Waals surface area contributed by atoms with E-state index in [9.17, 15) is 4.79 Å². The smallest absolute Gasteiger partial charge is 0.257 e. The van der Waals surface area contributed by atoms with E-state index in [2.05, 4.69) is 10.3 Å². The first-order chi connectivity index (χ1) is 9.11. The zero-order valence-electron chi connectivity index (χ0n) is 10.6. The van der Waals surface area contributed by atoms with Gasteiger partial charge in [0.25, 0.3) is 5.91 Å². The fourth-order valence-electron chi connectivity index (χ4n) is 1.67. The van der Waals surface area contributed by atoms with Crippen LogP contribution in [0.5, 0.6) is 5.75 Å². The summed E-state index contributed by atoms with van der Waals surface area (Å²) in [5.74, 6) is 0.306. The molecule has 1 aromatic heterocycles. The summed E-state index contributed by atoms with van der Waals surface area (Å²) in [7, 11) is 1.56. The van der Waals surface area contributed by atoms with Crippen molar-refractivity contribution in [1.82, 2.24) is 4.98 Å². The summed E-state index contributed by atoms with van der Waals surface area (Å²) in [5, 5.41) is 3.09. The summed E-state index contributed by atoms with van der Waals surface area (Å²) in [6, 6.07) is 7.12. The molecule has 2 aromatic rings. The molecular formula is C14H13ClN2O2. The SMILES string of the molecule is COc1ccc(C)cc1NC(=O)c1ccncc1Cl. The maximum Gasteiger partial charge on any atom is 0.257 e. The second-order valence-electron chi connectivity index (χ2n) is 4.01. The Kier molecular flexibility index (Phi) is 4.02. The molecule has 0 radical (unpaired) electrons. The molecule has 5 heteroatoms. The molecule has 0 atom stereocenters. The molecule has 1 amide bonds. The van der Waals surface area contributed by atoms with Crippen molar-refractivity contribution in [1.29, 1.82) is 0 Å². The first-order valence-corrected chi connectivity index (χ1v) is 6.05. The largest absolute Gasteiger partial charge is 0.495 e. The van der Waals surface area contributed by atoms with E-state index >= 15 is 0 Å². The minimum Gasteiger partial charge on any atom is -0.495 e. The maximum absolute atomic E-state index is 12.1. The van der Waals surface area contributed by atoms with Gasteiger partial charge in [0.05, 0.1) is 23.4 Å². The van der Waals surface area contributed by atoms with Crippen LogP contribution < -0.4 is 10.1 Å². The molecule has 0 aliphatic carbocycles. The first-order valence-electron chi connectivity index (χ1n) is 5.67. The second-order valence-corrected chi connectivity index (χ2v) is 4.42. The van der Waals surface area contributed by atoms with Crippen LogP contribution in [0.3, 0.4) is 0 Å². The van der Waals surface area contributed by atoms with E-state index in [4.69, 9.17) is 16.3 Å². The van der Waals surface area contributed by atoms with Gasteiger partial charge in [0, 0.05) is 12.4 Å². The number of aromatic nitrogens is 1. The number of nitrogens with one attached hydrogen (secondary N) is 1. The number of carbonyl (C=O) groups excluding carboxylic acids is 1. The lowest BCUT2D eigenvalue weighted by molar-refractivity contribution is 0.102. The van der Waals surface area contributed by atoms with Gasteiger partial charge in [-0.15, -0.1) is 0 Å². The number of hydrogen-bond donors (Lipinski definition) is 1. The molecule has 0 bridgehead atoms. The summed E-state index contributed by atoms with van der Waals surface area (Å²) in [6.45, 7) is 1.94. The summed E-state index contributed by atoms with van der Waals surface area (Å²) in [6.07, 6.45) is 2.96. The molecule has 0 aliphatic heterocycles. The zero-order chi connectivity index (χ0) is 13.8. The van der Waals surface area contributed by atoms with Crippen LogP contribution in [0, 0.1) is 6.92 Å². The molecule has 0 saturated heterocycles. The van der Waals surface area contributed by atoms with Crippen molar-refractivity contribution < 1.29 is 9.53 Å². The minimum absolute atomic E-state index is 0.295. The van der Waals surface area contributed by atoms with E-state index in [-0.39, 0.29) is 5.91 Å². The Morgan fingerprint density at radius 1 is 1.37 bits per heavy atom. The third kappa shape index (κ3) is 3.03. The molecule has 98 valence electrons. The highest BCUT2D eigenvalue weighted by Gasteiger charge is 2.12. The monoisotopic (exact) mass is 276 g/mol. The first kappa shape index (κ1) is 13.4. The Morgan fingerprint density at radius 3 is 2.84 bits per heavy atom. The predicted molar refractivity (Wildman–Crippen MR) is 74.9 cm³/mol. The van der Waals surface area contributed by atoms with E-state index in [1.807, 2.05) is 19.1 Å². The van der Waals surface area contributed by atoms with E-state index in [1.54, 1.807) is 19.2 Å². The quantitative estimate of drug-likeness (QED) is 0.936. The molecule has 4 nitrogen and oxygen atoms in total. The van der Waals surface area contributed by atoms with Crippen LogP contribution in [0.15, 0.2) is 36.7 Å². The Morgan fingerprint density at radius 2 is 2.16 bits per heavy atom. The number of nitrogens with zero attached hydrogens (tertiary/aromatic N) is 1. The molecule has 2 rings (SSSR count). The van der Waals surface area contributed by atoms with E-state index in [0.717, 1.165) is 5.56 Å². The molecular weight excluding hydrogens is 264 g/mol. The van der Waals surface area contributed by atoms with Crippen LogP contribution in [0.1, 0.15) is 15.9 Å². The lowest BCUT2D eigenvalue weighted by Gasteiger charge is -2.11. The van der Waals surface area contributed by atoms with Gasteiger partial charge in [-0.05, 0) is 30.7 Å². The minimum atomic E-state index is -0.295. The molecule has 1 aromatic carbocycles. The Hall–Kier alpha value is -2.07. The van der Waals surface area contributed by atoms with Gasteiger partial charge in [-0.1, -0.05) is 17.7 Å². The van der Waals surface area contributed by atoms with Crippen molar-refractivity contribution >= 4 is 23.2 Å². The van der Waals surface area contributed by atoms with Crippen molar-refractivity contribution in [2.75, 3.05) is 12.4 Å². The Bertz CT molecular complexity index is 614. The highest BCUT2D eigenvalue weighted by molar-refractivity contribution is 6.34. The van der Waals surface area contributed by atoms with Crippen LogP contribution in [-0.4, -0.2) is 18.0 Å². The Labute approximate surface area is 116 Å². The number of halogens is 1. The summed E-state index contributed by atoms with van der Waals surface area (Å²) in [4.78, 5) is 16.0. The van der Waals surface area contributed by atoms with Crippen LogP contribution >= 0.6 is 11.6 Å². The standard InChI is InChI=1S/C14H13ClN2O2/c1-9-3-4-13(19-2)12(7-9)17-14(18)10-5-6-16-8-11(10)15/h3-8H,1-2H3,(H,17,18). The predicted octanol–water partition coefficient (Wildman–Crippen LogP) is 3.30. The maximum atomic E-state index is 12.1. The molecule has 0 spiro atoms. The van der Waals surface area contributed by atoms with Gasteiger partial charge in [-0.3, -0.25) is 9.78 Å². The van der Waals surface area contributed by atoms with Gasteiger partial charge in [0.1, 0.15) is 5.75 Å². The van der Waals surface area contributed by atoms with Crippen LogP contribution in [0.25, 0.3) is 0 Å². The number of pyridine rings is 1. The summed E-state index contributed by atoms with van der Waals surface area (Å²) in [5.41, 5.74) is 2.01. The number of hydrogen-bond acceptors (Lipinski definition) is 3. The van der Waals surface area contributed by atoms with Crippen molar-refractivity contribution in [3.8, 4) is 5.75 Å².